The van der Waals surface area contributed by atoms with E-state index in [2.05, 4.69) is 15.6 Å². The number of aromatic nitrogens is 2. The summed E-state index contributed by atoms with van der Waals surface area (Å²) in [6.45, 7) is 1.45. The fraction of sp³-hybridized carbons (Fsp3) is 0.0741. The standard InChI is InChI=1S/C27H19FN4O4/c1-16-6-11-23-22(12-16)26(34)18(15-36-23)13-29-30-24(33)14-32-27(35)21-5-3-2-4-20(21)25(31-32)17-7-9-19(28)10-8-17/h2-13,15H,14H2,1H3,(H,30,33)/b29-13+. The van der Waals surface area contributed by atoms with Crippen LogP contribution in [0.1, 0.15) is 11.1 Å². The Balaban J connectivity index is 1.41. The molecule has 0 aliphatic carbocycles. The number of carbonyl (C=O) groups excluding carboxylic acids is 1. The maximum absolute atomic E-state index is 13.4. The van der Waals surface area contributed by atoms with E-state index in [4.69, 9.17) is 4.42 Å². The van der Waals surface area contributed by atoms with Gasteiger partial charge in [0.25, 0.3) is 11.5 Å². The zero-order valence-electron chi connectivity index (χ0n) is 19.1. The van der Waals surface area contributed by atoms with Gasteiger partial charge in [0.2, 0.25) is 5.43 Å². The summed E-state index contributed by atoms with van der Waals surface area (Å²) in [5, 5.41) is 9.57. The summed E-state index contributed by atoms with van der Waals surface area (Å²) in [5.74, 6) is -1.02. The van der Waals surface area contributed by atoms with Gasteiger partial charge in [0, 0.05) is 10.9 Å². The number of hydrazone groups is 1. The minimum absolute atomic E-state index is 0.160. The van der Waals surface area contributed by atoms with Crippen molar-refractivity contribution in [1.82, 2.24) is 15.2 Å². The number of aryl methyl sites for hydroxylation is 1. The molecule has 0 bridgehead atoms. The minimum atomic E-state index is -0.623. The van der Waals surface area contributed by atoms with Gasteiger partial charge in [-0.1, -0.05) is 29.8 Å². The summed E-state index contributed by atoms with van der Waals surface area (Å²) in [7, 11) is 0. The first-order chi connectivity index (χ1) is 17.4. The van der Waals surface area contributed by atoms with E-state index in [9.17, 15) is 18.8 Å². The van der Waals surface area contributed by atoms with Crippen molar-refractivity contribution in [2.45, 2.75) is 13.5 Å². The van der Waals surface area contributed by atoms with Gasteiger partial charge in [0.05, 0.1) is 28.2 Å². The summed E-state index contributed by atoms with van der Waals surface area (Å²) in [5.41, 5.74) is 4.12. The lowest BCUT2D eigenvalue weighted by Crippen LogP contribution is -2.32. The molecule has 36 heavy (non-hydrogen) atoms. The molecule has 0 fully saturated rings. The Morgan fingerprint density at radius 1 is 1.06 bits per heavy atom. The maximum Gasteiger partial charge on any atom is 0.275 e. The predicted octanol–water partition coefficient (Wildman–Crippen LogP) is 3.77. The van der Waals surface area contributed by atoms with Crippen molar-refractivity contribution in [3.8, 4) is 11.3 Å². The second-order valence-electron chi connectivity index (χ2n) is 8.18. The van der Waals surface area contributed by atoms with E-state index in [1.54, 1.807) is 48.5 Å². The minimum Gasteiger partial charge on any atom is -0.463 e. The first-order valence-corrected chi connectivity index (χ1v) is 11.0. The number of nitrogens with one attached hydrogen (secondary N) is 1. The molecule has 0 unspecified atom stereocenters. The number of amides is 1. The fourth-order valence-electron chi connectivity index (χ4n) is 3.86. The Labute approximate surface area is 203 Å². The number of benzene rings is 3. The third-order valence-electron chi connectivity index (χ3n) is 5.63. The number of fused-ring (bicyclic) bond motifs is 2. The molecule has 0 saturated heterocycles. The molecule has 5 rings (SSSR count). The SMILES string of the molecule is Cc1ccc2occ(/C=N/NC(=O)Cn3nc(-c4ccc(F)cc4)c4ccccc4c3=O)c(=O)c2c1. The van der Waals surface area contributed by atoms with E-state index in [0.29, 0.717) is 33.0 Å². The smallest absolute Gasteiger partial charge is 0.275 e. The summed E-state index contributed by atoms with van der Waals surface area (Å²) in [6, 6.07) is 17.8. The molecule has 9 heteroatoms. The fourth-order valence-corrected chi connectivity index (χ4v) is 3.86. The Hall–Kier alpha value is -4.92. The lowest BCUT2D eigenvalue weighted by Gasteiger charge is -2.10. The van der Waals surface area contributed by atoms with Crippen LogP contribution in [0.3, 0.4) is 0 Å². The molecule has 5 aromatic rings. The molecule has 0 radical (unpaired) electrons. The van der Waals surface area contributed by atoms with E-state index in [1.807, 2.05) is 13.0 Å². The van der Waals surface area contributed by atoms with E-state index in [0.717, 1.165) is 10.2 Å². The van der Waals surface area contributed by atoms with Crippen LogP contribution in [0.15, 0.2) is 92.1 Å². The Morgan fingerprint density at radius 3 is 2.58 bits per heavy atom. The van der Waals surface area contributed by atoms with Crippen molar-refractivity contribution >= 4 is 33.9 Å². The topological polar surface area (TPSA) is 107 Å². The van der Waals surface area contributed by atoms with Gasteiger partial charge in [-0.25, -0.2) is 14.5 Å². The Morgan fingerprint density at radius 2 is 1.81 bits per heavy atom. The molecule has 0 atom stereocenters. The molecular formula is C27H19FN4O4. The van der Waals surface area contributed by atoms with Crippen LogP contribution in [0.2, 0.25) is 0 Å². The van der Waals surface area contributed by atoms with Crippen LogP contribution in [0.4, 0.5) is 4.39 Å². The summed E-state index contributed by atoms with van der Waals surface area (Å²) >= 11 is 0. The van der Waals surface area contributed by atoms with E-state index in [1.165, 1.54) is 24.6 Å². The van der Waals surface area contributed by atoms with Crippen molar-refractivity contribution in [1.29, 1.82) is 0 Å². The van der Waals surface area contributed by atoms with Gasteiger partial charge < -0.3 is 4.42 Å². The lowest BCUT2D eigenvalue weighted by molar-refractivity contribution is -0.121. The average Bonchev–Trinajstić information content (AvgIpc) is 2.88. The number of halogens is 1. The van der Waals surface area contributed by atoms with Crippen LogP contribution in [0.25, 0.3) is 33.0 Å². The Bertz CT molecular complexity index is 1770. The molecule has 8 nitrogen and oxygen atoms in total. The van der Waals surface area contributed by atoms with Crippen molar-refractivity contribution in [2.75, 3.05) is 0 Å². The van der Waals surface area contributed by atoms with Gasteiger partial charge in [-0.3, -0.25) is 14.4 Å². The molecule has 178 valence electrons. The maximum atomic E-state index is 13.4. The number of hydrogen-bond donors (Lipinski definition) is 1. The van der Waals surface area contributed by atoms with Crippen LogP contribution in [0.5, 0.6) is 0 Å². The zero-order chi connectivity index (χ0) is 25.2. The van der Waals surface area contributed by atoms with Crippen LogP contribution < -0.4 is 16.4 Å². The van der Waals surface area contributed by atoms with Crippen molar-refractivity contribution in [3.05, 3.63) is 111 Å². The van der Waals surface area contributed by atoms with Crippen LogP contribution in [-0.4, -0.2) is 21.9 Å². The number of carbonyl (C=O) groups is 1. The molecule has 0 spiro atoms. The molecule has 0 saturated carbocycles. The van der Waals surface area contributed by atoms with Gasteiger partial charge in [0.1, 0.15) is 24.2 Å². The van der Waals surface area contributed by atoms with Crippen LogP contribution in [0, 0.1) is 12.7 Å². The molecule has 2 heterocycles. The van der Waals surface area contributed by atoms with E-state index in [-0.39, 0.29) is 11.0 Å². The highest BCUT2D eigenvalue weighted by Crippen LogP contribution is 2.24. The lowest BCUT2D eigenvalue weighted by atomic mass is 10.1. The van der Waals surface area contributed by atoms with Gasteiger partial charge in [0.15, 0.2) is 0 Å². The average molecular weight is 482 g/mol. The van der Waals surface area contributed by atoms with Crippen molar-refractivity contribution in [3.63, 3.8) is 0 Å². The first-order valence-electron chi connectivity index (χ1n) is 11.0. The summed E-state index contributed by atoms with van der Waals surface area (Å²) < 4.78 is 19.9. The molecule has 3 aromatic carbocycles. The van der Waals surface area contributed by atoms with Crippen molar-refractivity contribution < 1.29 is 13.6 Å². The molecular weight excluding hydrogens is 463 g/mol. The zero-order valence-corrected chi connectivity index (χ0v) is 19.1. The molecule has 0 aliphatic rings. The van der Waals surface area contributed by atoms with Gasteiger partial charge >= 0.3 is 0 Å². The third kappa shape index (κ3) is 4.41. The first kappa shape index (κ1) is 22.9. The number of rotatable bonds is 5. The van der Waals surface area contributed by atoms with Gasteiger partial charge in [-0.2, -0.15) is 10.2 Å². The van der Waals surface area contributed by atoms with Crippen LogP contribution >= 0.6 is 0 Å². The normalized spacial score (nSPS) is 11.4. The molecule has 0 aliphatic heterocycles. The quantitative estimate of drug-likeness (QED) is 0.303. The van der Waals surface area contributed by atoms with Crippen LogP contribution in [-0.2, 0) is 11.3 Å². The van der Waals surface area contributed by atoms with E-state index < -0.39 is 23.8 Å². The molecule has 1 amide bonds. The summed E-state index contributed by atoms with van der Waals surface area (Å²) in [4.78, 5) is 38.2. The highest BCUT2D eigenvalue weighted by molar-refractivity contribution is 5.94. The van der Waals surface area contributed by atoms with Gasteiger partial charge in [-0.05, 0) is 49.4 Å². The molecule has 1 N–H and O–H groups in total. The molecule has 2 aromatic heterocycles. The Kier molecular flexibility index (Phi) is 5.95. The largest absolute Gasteiger partial charge is 0.463 e. The number of hydrogen-bond acceptors (Lipinski definition) is 6. The second kappa shape index (κ2) is 9.38. The third-order valence-corrected chi connectivity index (χ3v) is 5.63. The predicted molar refractivity (Wildman–Crippen MR) is 134 cm³/mol. The highest BCUT2D eigenvalue weighted by Gasteiger charge is 2.14. The highest BCUT2D eigenvalue weighted by atomic mass is 19.1. The number of nitrogens with zero attached hydrogens (tertiary/aromatic N) is 3. The van der Waals surface area contributed by atoms with Gasteiger partial charge in [-0.15, -0.1) is 0 Å². The van der Waals surface area contributed by atoms with Crippen molar-refractivity contribution in [2.24, 2.45) is 5.10 Å². The summed E-state index contributed by atoms with van der Waals surface area (Å²) in [6.07, 6.45) is 2.45. The van der Waals surface area contributed by atoms with E-state index >= 15 is 0 Å². The monoisotopic (exact) mass is 482 g/mol. The second-order valence-corrected chi connectivity index (χ2v) is 8.18.